The van der Waals surface area contributed by atoms with Gasteiger partial charge in [-0.05, 0) is 70.9 Å². The first-order valence-corrected chi connectivity index (χ1v) is 12.4. The minimum absolute atomic E-state index is 0.0683. The average molecular weight is 490 g/mol. The van der Waals surface area contributed by atoms with Crippen molar-refractivity contribution in [2.75, 3.05) is 18.9 Å². The molecule has 0 saturated carbocycles. The number of benzene rings is 1. The summed E-state index contributed by atoms with van der Waals surface area (Å²) in [4.78, 5) is 34.9. The molecule has 1 aromatic carbocycles. The lowest BCUT2D eigenvalue weighted by molar-refractivity contribution is -0.116. The van der Waals surface area contributed by atoms with Crippen molar-refractivity contribution in [3.8, 4) is 10.6 Å². The number of hydrogen-bond acceptors (Lipinski definition) is 5. The van der Waals surface area contributed by atoms with Crippen molar-refractivity contribution in [1.29, 1.82) is 0 Å². The van der Waals surface area contributed by atoms with Gasteiger partial charge in [0, 0.05) is 23.7 Å². The minimum Gasteiger partial charge on any atom is -0.332 e. The quantitative estimate of drug-likeness (QED) is 0.378. The number of thiophene rings is 1. The molecule has 0 aliphatic carbocycles. The number of pyridine rings is 1. The number of nitrogens with zero attached hydrogens (tertiary/aromatic N) is 4. The summed E-state index contributed by atoms with van der Waals surface area (Å²) < 4.78 is 1.83. The summed E-state index contributed by atoms with van der Waals surface area (Å²) in [5, 5.41) is 8.15. The lowest BCUT2D eigenvalue weighted by atomic mass is 10.1. The van der Waals surface area contributed by atoms with Crippen molar-refractivity contribution >= 4 is 39.9 Å². The second-order valence-corrected chi connectivity index (χ2v) is 10.7. The summed E-state index contributed by atoms with van der Waals surface area (Å²) in [6.45, 7) is 12.0. The van der Waals surface area contributed by atoms with E-state index in [-0.39, 0.29) is 24.4 Å². The van der Waals surface area contributed by atoms with Crippen LogP contribution in [-0.2, 0) is 4.79 Å². The van der Waals surface area contributed by atoms with Crippen LogP contribution in [0.1, 0.15) is 51.8 Å². The summed E-state index contributed by atoms with van der Waals surface area (Å²) in [5.74, 6) is -0.490. The van der Waals surface area contributed by atoms with E-state index in [0.29, 0.717) is 16.6 Å². The van der Waals surface area contributed by atoms with Gasteiger partial charge in [0.25, 0.3) is 5.91 Å². The van der Waals surface area contributed by atoms with Gasteiger partial charge in [0.1, 0.15) is 0 Å². The molecule has 0 aliphatic rings. The number of fused-ring (bicyclic) bond motifs is 1. The highest BCUT2D eigenvalue weighted by Gasteiger charge is 2.23. The van der Waals surface area contributed by atoms with E-state index in [1.54, 1.807) is 24.6 Å². The molecule has 8 heteroatoms. The molecule has 0 aliphatic heterocycles. The molecule has 0 unspecified atom stereocenters. The zero-order chi connectivity index (χ0) is 25.4. The maximum Gasteiger partial charge on any atom is 0.254 e. The predicted octanol–water partition coefficient (Wildman–Crippen LogP) is 5.69. The van der Waals surface area contributed by atoms with Gasteiger partial charge in [-0.3, -0.25) is 9.59 Å². The number of anilines is 1. The summed E-state index contributed by atoms with van der Waals surface area (Å²) in [7, 11) is 1.64. The Bertz CT molecular complexity index is 1410. The standard InChI is InChI=1S/C27H31N5O2S/c1-15(2)32-26-21(13-28-32)20(12-22(29-26)23-9-8-19(6)35-23)27(34)31(7)14-24(33)30-25-17(4)10-16(3)11-18(25)5/h8-13,15H,14H2,1-7H3,(H,30,33). The van der Waals surface area contributed by atoms with E-state index in [1.807, 2.05) is 76.6 Å². The molecule has 35 heavy (non-hydrogen) atoms. The van der Waals surface area contributed by atoms with Crippen LogP contribution in [0.2, 0.25) is 0 Å². The fraction of sp³-hybridized carbons (Fsp3) is 0.333. The Morgan fingerprint density at radius 1 is 1.09 bits per heavy atom. The highest BCUT2D eigenvalue weighted by molar-refractivity contribution is 7.15. The zero-order valence-electron chi connectivity index (χ0n) is 21.3. The monoisotopic (exact) mass is 489 g/mol. The molecule has 0 saturated heterocycles. The second kappa shape index (κ2) is 9.62. The third-order valence-corrected chi connectivity index (χ3v) is 6.97. The van der Waals surface area contributed by atoms with Crippen molar-refractivity contribution < 1.29 is 9.59 Å². The van der Waals surface area contributed by atoms with E-state index in [4.69, 9.17) is 4.98 Å². The maximum atomic E-state index is 13.6. The molecule has 182 valence electrons. The summed E-state index contributed by atoms with van der Waals surface area (Å²) in [6, 6.07) is 10.0. The molecule has 0 atom stereocenters. The fourth-order valence-electron chi connectivity index (χ4n) is 4.32. The Morgan fingerprint density at radius 2 is 1.77 bits per heavy atom. The van der Waals surface area contributed by atoms with Crippen molar-refractivity contribution in [3.63, 3.8) is 0 Å². The number of rotatable bonds is 6. The van der Waals surface area contributed by atoms with Gasteiger partial charge in [-0.2, -0.15) is 5.10 Å². The Kier molecular flexibility index (Phi) is 6.76. The molecular weight excluding hydrogens is 458 g/mol. The van der Waals surface area contributed by atoms with Crippen molar-refractivity contribution in [1.82, 2.24) is 19.7 Å². The van der Waals surface area contributed by atoms with Crippen LogP contribution in [0.4, 0.5) is 5.69 Å². The molecule has 0 spiro atoms. The van der Waals surface area contributed by atoms with Gasteiger partial charge in [0.05, 0.1) is 34.3 Å². The molecule has 4 rings (SSSR count). The minimum atomic E-state index is -0.247. The first-order valence-electron chi connectivity index (χ1n) is 11.6. The van der Waals surface area contributed by atoms with Gasteiger partial charge in [0.15, 0.2) is 5.65 Å². The number of aryl methyl sites for hydroxylation is 4. The number of likely N-dealkylation sites (N-methyl/N-ethyl adjacent to an activating group) is 1. The van der Waals surface area contributed by atoms with Crippen molar-refractivity contribution in [2.24, 2.45) is 0 Å². The maximum absolute atomic E-state index is 13.6. The number of amides is 2. The van der Waals surface area contributed by atoms with E-state index < -0.39 is 0 Å². The van der Waals surface area contributed by atoms with E-state index in [9.17, 15) is 9.59 Å². The molecule has 1 N–H and O–H groups in total. The number of carbonyl (C=O) groups excluding carboxylic acids is 2. The van der Waals surface area contributed by atoms with Crippen molar-refractivity contribution in [2.45, 2.75) is 47.6 Å². The SMILES string of the molecule is Cc1cc(C)c(NC(=O)CN(C)C(=O)c2cc(-c3ccc(C)s3)nc3c2cnn3C(C)C)c(C)c1. The predicted molar refractivity (Wildman–Crippen MR) is 142 cm³/mol. The van der Waals surface area contributed by atoms with Crippen LogP contribution in [0.5, 0.6) is 0 Å². The van der Waals surface area contributed by atoms with Gasteiger partial charge in [-0.1, -0.05) is 17.7 Å². The Balaban J connectivity index is 1.65. The van der Waals surface area contributed by atoms with Gasteiger partial charge >= 0.3 is 0 Å². The largest absolute Gasteiger partial charge is 0.332 e. The smallest absolute Gasteiger partial charge is 0.254 e. The second-order valence-electron chi connectivity index (χ2n) is 9.37. The molecule has 0 bridgehead atoms. The fourth-order valence-corrected chi connectivity index (χ4v) is 5.15. The number of aromatic nitrogens is 3. The first kappa shape index (κ1) is 24.6. The highest BCUT2D eigenvalue weighted by atomic mass is 32.1. The third-order valence-electron chi connectivity index (χ3n) is 5.95. The molecule has 3 heterocycles. The number of hydrogen-bond donors (Lipinski definition) is 1. The van der Waals surface area contributed by atoms with Crippen LogP contribution in [0.15, 0.2) is 36.5 Å². The highest BCUT2D eigenvalue weighted by Crippen LogP contribution is 2.31. The van der Waals surface area contributed by atoms with Crippen molar-refractivity contribution in [3.05, 3.63) is 63.7 Å². The molecule has 7 nitrogen and oxygen atoms in total. The lowest BCUT2D eigenvalue weighted by Crippen LogP contribution is -2.35. The van der Waals surface area contributed by atoms with Crippen LogP contribution in [0.25, 0.3) is 21.6 Å². The summed E-state index contributed by atoms with van der Waals surface area (Å²) >= 11 is 1.63. The molecule has 2 amide bonds. The first-order chi connectivity index (χ1) is 16.5. The zero-order valence-corrected chi connectivity index (χ0v) is 22.1. The topological polar surface area (TPSA) is 80.1 Å². The average Bonchev–Trinajstić information content (AvgIpc) is 3.41. The van der Waals surface area contributed by atoms with Crippen LogP contribution >= 0.6 is 11.3 Å². The Morgan fingerprint density at radius 3 is 2.37 bits per heavy atom. The lowest BCUT2D eigenvalue weighted by Gasteiger charge is -2.19. The summed E-state index contributed by atoms with van der Waals surface area (Å²) in [6.07, 6.45) is 1.69. The Hall–Kier alpha value is -3.52. The van der Waals surface area contributed by atoms with Crippen LogP contribution in [0.3, 0.4) is 0 Å². The summed E-state index contributed by atoms with van der Waals surface area (Å²) in [5.41, 5.74) is 5.81. The van der Waals surface area contributed by atoms with Crippen LogP contribution in [-0.4, -0.2) is 45.1 Å². The van der Waals surface area contributed by atoms with Gasteiger partial charge in [0.2, 0.25) is 5.91 Å². The van der Waals surface area contributed by atoms with Crippen LogP contribution < -0.4 is 5.32 Å². The van der Waals surface area contributed by atoms with E-state index in [0.717, 1.165) is 32.9 Å². The van der Waals surface area contributed by atoms with Gasteiger partial charge in [-0.25, -0.2) is 9.67 Å². The van der Waals surface area contributed by atoms with Gasteiger partial charge in [-0.15, -0.1) is 11.3 Å². The molecule has 3 aromatic heterocycles. The normalized spacial score (nSPS) is 11.3. The number of nitrogens with one attached hydrogen (secondary N) is 1. The van der Waals surface area contributed by atoms with Gasteiger partial charge < -0.3 is 10.2 Å². The Labute approximate surface area is 209 Å². The third kappa shape index (κ3) is 4.98. The van der Waals surface area contributed by atoms with E-state index in [2.05, 4.69) is 10.4 Å². The number of carbonyl (C=O) groups is 2. The van der Waals surface area contributed by atoms with E-state index >= 15 is 0 Å². The van der Waals surface area contributed by atoms with E-state index in [1.165, 1.54) is 9.78 Å². The molecule has 0 radical (unpaired) electrons. The molecule has 0 fully saturated rings. The molecular formula is C27H31N5O2S. The molecule has 4 aromatic rings. The van der Waals surface area contributed by atoms with Crippen LogP contribution in [0, 0.1) is 27.7 Å².